The molecule has 2 aromatic heterocycles. The van der Waals surface area contributed by atoms with E-state index in [1.165, 1.54) is 24.6 Å². The van der Waals surface area contributed by atoms with Crippen molar-refractivity contribution in [2.24, 2.45) is 4.99 Å². The van der Waals surface area contributed by atoms with Crippen molar-refractivity contribution in [2.45, 2.75) is 70.6 Å². The van der Waals surface area contributed by atoms with Crippen molar-refractivity contribution in [1.29, 1.82) is 0 Å². The first-order chi connectivity index (χ1) is 19.3. The summed E-state index contributed by atoms with van der Waals surface area (Å²) in [5.41, 5.74) is 2.71. The molecule has 0 amide bonds. The van der Waals surface area contributed by atoms with E-state index in [1.807, 2.05) is 26.2 Å². The van der Waals surface area contributed by atoms with Gasteiger partial charge in [0, 0.05) is 49.0 Å². The Morgan fingerprint density at radius 2 is 1.93 bits per heavy atom. The highest BCUT2D eigenvalue weighted by Gasteiger charge is 2.36. The minimum absolute atomic E-state index is 0.136. The maximum atomic E-state index is 15.0. The fourth-order valence-corrected chi connectivity index (χ4v) is 5.35. The first kappa shape index (κ1) is 29.7. The number of anilines is 2. The van der Waals surface area contributed by atoms with Crippen LogP contribution in [0.5, 0.6) is 0 Å². The lowest BCUT2D eigenvalue weighted by molar-refractivity contribution is 0.145. The Kier molecular flexibility index (Phi) is 9.95. The Morgan fingerprint density at radius 3 is 2.52 bits per heavy atom. The van der Waals surface area contributed by atoms with E-state index in [1.54, 1.807) is 18.2 Å². The van der Waals surface area contributed by atoms with Gasteiger partial charge < -0.3 is 16.0 Å². The van der Waals surface area contributed by atoms with Gasteiger partial charge in [0.05, 0.1) is 11.9 Å². The number of hydrogen-bond acceptors (Lipinski definition) is 7. The number of aliphatic imine (C=N–C) groups is 1. The van der Waals surface area contributed by atoms with Crippen LogP contribution in [0.4, 0.5) is 20.4 Å². The third-order valence-electron chi connectivity index (χ3n) is 8.08. The van der Waals surface area contributed by atoms with Crippen LogP contribution in [0.1, 0.15) is 57.6 Å². The van der Waals surface area contributed by atoms with Crippen LogP contribution in [0.3, 0.4) is 0 Å². The summed E-state index contributed by atoms with van der Waals surface area (Å²) in [5, 5.41) is 9.96. The second-order valence-electron chi connectivity index (χ2n) is 11.1. The van der Waals surface area contributed by atoms with Crippen molar-refractivity contribution in [2.75, 3.05) is 25.5 Å². The smallest absolute Gasteiger partial charge is 0.149 e. The van der Waals surface area contributed by atoms with Crippen LogP contribution in [-0.4, -0.2) is 59.3 Å². The van der Waals surface area contributed by atoms with Crippen LogP contribution in [-0.2, 0) is 6.54 Å². The zero-order valence-corrected chi connectivity index (χ0v) is 24.0. The van der Waals surface area contributed by atoms with Crippen LogP contribution in [0.25, 0.3) is 5.57 Å². The van der Waals surface area contributed by atoms with Crippen molar-refractivity contribution in [3.63, 3.8) is 0 Å². The number of nitrogens with zero attached hydrogens (tertiary/aromatic N) is 4. The van der Waals surface area contributed by atoms with Crippen molar-refractivity contribution in [3.05, 3.63) is 77.3 Å². The van der Waals surface area contributed by atoms with Gasteiger partial charge in [-0.25, -0.2) is 18.7 Å². The fraction of sp³-hybridized carbons (Fsp3) is 0.452. The highest BCUT2D eigenvalue weighted by Crippen LogP contribution is 2.30. The van der Waals surface area contributed by atoms with Crippen LogP contribution < -0.4 is 16.0 Å². The number of rotatable bonds is 12. The van der Waals surface area contributed by atoms with Gasteiger partial charge >= 0.3 is 0 Å². The minimum Gasteiger partial charge on any atom is -0.325 e. The molecule has 2 atom stereocenters. The summed E-state index contributed by atoms with van der Waals surface area (Å²) in [5.74, 6) is 0.616. The first-order valence-electron chi connectivity index (χ1n) is 13.9. The van der Waals surface area contributed by atoms with E-state index in [0.29, 0.717) is 53.2 Å². The third-order valence-corrected chi connectivity index (χ3v) is 8.08. The van der Waals surface area contributed by atoms with Crippen molar-refractivity contribution in [1.82, 2.24) is 25.5 Å². The van der Waals surface area contributed by atoms with Crippen LogP contribution in [0.2, 0.25) is 0 Å². The van der Waals surface area contributed by atoms with Gasteiger partial charge in [0.1, 0.15) is 23.8 Å². The van der Waals surface area contributed by atoms with Gasteiger partial charge in [-0.1, -0.05) is 12.1 Å². The van der Waals surface area contributed by atoms with Gasteiger partial charge in [-0.2, -0.15) is 0 Å². The van der Waals surface area contributed by atoms with E-state index in [9.17, 15) is 4.39 Å². The molecule has 2 aliphatic heterocycles. The number of hydrogen-bond donors (Lipinski definition) is 3. The number of halogens is 2. The van der Waals surface area contributed by atoms with Gasteiger partial charge in [-0.05, 0) is 95.1 Å². The largest absolute Gasteiger partial charge is 0.325 e. The summed E-state index contributed by atoms with van der Waals surface area (Å²) < 4.78 is 28.7. The van der Waals surface area contributed by atoms with E-state index in [0.717, 1.165) is 26.1 Å². The fourth-order valence-electron chi connectivity index (χ4n) is 5.35. The van der Waals surface area contributed by atoms with Crippen molar-refractivity contribution in [3.8, 4) is 0 Å². The van der Waals surface area contributed by atoms with E-state index in [-0.39, 0.29) is 11.2 Å². The van der Waals surface area contributed by atoms with Gasteiger partial charge in [0.15, 0.2) is 0 Å². The monoisotopic (exact) mass is 549 g/mol. The molecule has 0 aromatic carbocycles. The zero-order valence-electron chi connectivity index (χ0n) is 24.0. The number of allylic oxidation sites excluding steroid dienone is 4. The Balaban J connectivity index is 1.51. The lowest BCUT2D eigenvalue weighted by Gasteiger charge is -2.35. The molecule has 2 fully saturated rings. The van der Waals surface area contributed by atoms with Gasteiger partial charge in [0.2, 0.25) is 0 Å². The highest BCUT2D eigenvalue weighted by molar-refractivity contribution is 5.77. The summed E-state index contributed by atoms with van der Waals surface area (Å²) in [6.07, 6.45) is 10.8. The van der Waals surface area contributed by atoms with Crippen molar-refractivity contribution >= 4 is 23.9 Å². The van der Waals surface area contributed by atoms with E-state index < -0.39 is 5.82 Å². The summed E-state index contributed by atoms with van der Waals surface area (Å²) in [6.45, 7) is 12.5. The minimum atomic E-state index is -0.476. The van der Waals surface area contributed by atoms with Gasteiger partial charge in [-0.15, -0.1) is 0 Å². The number of aromatic nitrogens is 2. The average molecular weight is 550 g/mol. The Labute approximate surface area is 236 Å². The normalized spacial score (nSPS) is 20.6. The summed E-state index contributed by atoms with van der Waals surface area (Å²) in [7, 11) is 1.89. The molecule has 0 aliphatic carbocycles. The molecular formula is C31H41F2N7. The van der Waals surface area contributed by atoms with E-state index >= 15 is 4.39 Å². The molecule has 214 valence electrons. The topological polar surface area (TPSA) is 77.5 Å². The Morgan fingerprint density at radius 1 is 1.20 bits per heavy atom. The number of piperazine rings is 1. The van der Waals surface area contributed by atoms with Gasteiger partial charge in [-0.3, -0.25) is 9.89 Å². The quantitative estimate of drug-likeness (QED) is 0.226. The van der Waals surface area contributed by atoms with Crippen LogP contribution in [0, 0.1) is 5.82 Å². The van der Waals surface area contributed by atoms with Crippen LogP contribution in [0.15, 0.2) is 65.3 Å². The Hall–Kier alpha value is -3.27. The SMILES string of the molecule is C=NC(=C\F)/C(=C\C(=C/C)c1cc(Nc2ccc(CN3C4CCC3CNC4)cn2)ncc1F)CCC(C)(C)NC. The lowest BCUT2D eigenvalue weighted by atomic mass is 9.92. The molecule has 2 saturated heterocycles. The molecule has 2 bridgehead atoms. The third kappa shape index (κ3) is 7.27. The Bertz CT molecular complexity index is 1250. The molecule has 7 nitrogen and oxygen atoms in total. The molecule has 0 spiro atoms. The summed E-state index contributed by atoms with van der Waals surface area (Å²) >= 11 is 0. The number of pyridine rings is 2. The van der Waals surface area contributed by atoms with E-state index in [2.05, 4.69) is 62.4 Å². The van der Waals surface area contributed by atoms with E-state index in [4.69, 9.17) is 0 Å². The zero-order chi connectivity index (χ0) is 28.7. The first-order valence-corrected chi connectivity index (χ1v) is 13.9. The number of nitrogens with one attached hydrogen (secondary N) is 3. The lowest BCUT2D eigenvalue weighted by Crippen LogP contribution is -2.51. The van der Waals surface area contributed by atoms with Crippen molar-refractivity contribution < 1.29 is 8.78 Å². The molecule has 9 heteroatoms. The standard InChI is InChI=1S/C31H41F2N7/c1-6-22(13-23(28(15-32)34-4)11-12-31(2,3)35-5)26-14-30(38-19-27(26)33)39-29-10-7-21(16-37-29)20-40-24-8-9-25(40)18-36-17-24/h6-7,10,13-16,19,24-25,35-36H,4,8-9,11-12,17-18,20H2,1-3,5H3,(H,37,38,39)/b22-6+,23-13-,28-15-. The predicted octanol–water partition coefficient (Wildman–Crippen LogP) is 5.91. The maximum Gasteiger partial charge on any atom is 0.149 e. The molecule has 2 unspecified atom stereocenters. The molecule has 0 saturated carbocycles. The van der Waals surface area contributed by atoms with Gasteiger partial charge in [0.25, 0.3) is 0 Å². The van der Waals surface area contributed by atoms with Crippen LogP contribution >= 0.6 is 0 Å². The molecule has 40 heavy (non-hydrogen) atoms. The molecule has 2 aromatic rings. The summed E-state index contributed by atoms with van der Waals surface area (Å²) in [4.78, 5) is 15.2. The summed E-state index contributed by atoms with van der Waals surface area (Å²) in [6, 6.07) is 6.85. The second kappa shape index (κ2) is 13.4. The molecular weight excluding hydrogens is 508 g/mol. The average Bonchev–Trinajstić information content (AvgIpc) is 3.16. The molecule has 2 aliphatic rings. The maximum absolute atomic E-state index is 15.0. The molecule has 3 N–H and O–H groups in total. The molecule has 4 heterocycles. The molecule has 0 radical (unpaired) electrons. The highest BCUT2D eigenvalue weighted by atomic mass is 19.1. The number of fused-ring (bicyclic) bond motifs is 2. The second-order valence-corrected chi connectivity index (χ2v) is 11.1. The predicted molar refractivity (Wildman–Crippen MR) is 160 cm³/mol. The molecule has 4 rings (SSSR count).